The van der Waals surface area contributed by atoms with Crippen LogP contribution in [0.3, 0.4) is 0 Å². The maximum Gasteiger partial charge on any atom is 0.191 e. The lowest BCUT2D eigenvalue weighted by atomic mass is 9.97. The SMILES string of the molecule is CCNC(=NCC(C)CN1CCOCC1)NCCC1=CCCCC1. The van der Waals surface area contributed by atoms with Crippen molar-refractivity contribution in [3.63, 3.8) is 0 Å². The number of rotatable bonds is 8. The molecule has 0 aromatic heterocycles. The van der Waals surface area contributed by atoms with E-state index in [2.05, 4.69) is 35.5 Å². The first kappa shape index (κ1) is 19.3. The van der Waals surface area contributed by atoms with Gasteiger partial charge < -0.3 is 15.4 Å². The Morgan fingerprint density at radius 1 is 1.29 bits per heavy atom. The zero-order chi connectivity index (χ0) is 17.0. The third-order valence-corrected chi connectivity index (χ3v) is 4.70. The van der Waals surface area contributed by atoms with Gasteiger partial charge in [0.15, 0.2) is 5.96 Å². The van der Waals surface area contributed by atoms with Crippen molar-refractivity contribution in [2.75, 3.05) is 52.5 Å². The third kappa shape index (κ3) is 7.67. The molecule has 2 rings (SSSR count). The summed E-state index contributed by atoms with van der Waals surface area (Å²) in [6.07, 6.45) is 8.85. The molecule has 0 aromatic rings. The minimum absolute atomic E-state index is 0.569. The van der Waals surface area contributed by atoms with E-state index in [0.717, 1.165) is 64.9 Å². The van der Waals surface area contributed by atoms with Gasteiger partial charge in [-0.3, -0.25) is 9.89 Å². The highest BCUT2D eigenvalue weighted by atomic mass is 16.5. The molecule has 5 nitrogen and oxygen atoms in total. The van der Waals surface area contributed by atoms with E-state index in [4.69, 9.17) is 9.73 Å². The van der Waals surface area contributed by atoms with Crippen LogP contribution in [0.4, 0.5) is 0 Å². The van der Waals surface area contributed by atoms with E-state index in [1.54, 1.807) is 5.57 Å². The van der Waals surface area contributed by atoms with Gasteiger partial charge in [0.2, 0.25) is 0 Å². The zero-order valence-electron chi connectivity index (χ0n) is 15.6. The topological polar surface area (TPSA) is 48.9 Å². The van der Waals surface area contributed by atoms with E-state index in [9.17, 15) is 0 Å². The standard InChI is InChI=1S/C19H36N4O/c1-3-20-19(21-10-9-18-7-5-4-6-8-18)22-15-17(2)16-23-11-13-24-14-12-23/h7,17H,3-6,8-16H2,1-2H3,(H2,20,21,22). The van der Waals surface area contributed by atoms with Crippen LogP contribution >= 0.6 is 0 Å². The van der Waals surface area contributed by atoms with Crippen LogP contribution in [0.15, 0.2) is 16.6 Å². The van der Waals surface area contributed by atoms with Gasteiger partial charge in [0, 0.05) is 39.3 Å². The predicted octanol–water partition coefficient (Wildman–Crippen LogP) is 2.40. The molecule has 1 fully saturated rings. The molecule has 0 spiro atoms. The van der Waals surface area contributed by atoms with Gasteiger partial charge in [0.05, 0.1) is 13.2 Å². The van der Waals surface area contributed by atoms with E-state index in [0.29, 0.717) is 5.92 Å². The molecular weight excluding hydrogens is 300 g/mol. The van der Waals surface area contributed by atoms with Gasteiger partial charge in [0.1, 0.15) is 0 Å². The van der Waals surface area contributed by atoms with E-state index in [1.165, 1.54) is 25.7 Å². The maximum atomic E-state index is 5.41. The summed E-state index contributed by atoms with van der Waals surface area (Å²) in [6.45, 7) is 12.1. The van der Waals surface area contributed by atoms with Crippen molar-refractivity contribution in [3.8, 4) is 0 Å². The molecule has 0 bridgehead atoms. The van der Waals surface area contributed by atoms with E-state index < -0.39 is 0 Å². The van der Waals surface area contributed by atoms with Crippen LogP contribution < -0.4 is 10.6 Å². The molecule has 1 saturated heterocycles. The van der Waals surface area contributed by atoms with Crippen LogP contribution in [0.25, 0.3) is 0 Å². The summed E-state index contributed by atoms with van der Waals surface area (Å²) in [5.41, 5.74) is 1.62. The minimum Gasteiger partial charge on any atom is -0.379 e. The lowest BCUT2D eigenvalue weighted by molar-refractivity contribution is 0.0323. The van der Waals surface area contributed by atoms with Crippen LogP contribution in [0.1, 0.15) is 46.0 Å². The Labute approximate surface area is 147 Å². The summed E-state index contributed by atoms with van der Waals surface area (Å²) in [5.74, 6) is 1.53. The van der Waals surface area contributed by atoms with Crippen LogP contribution in [0.2, 0.25) is 0 Å². The third-order valence-electron chi connectivity index (χ3n) is 4.70. The Balaban J connectivity index is 1.69. The molecule has 5 heteroatoms. The highest BCUT2D eigenvalue weighted by Crippen LogP contribution is 2.19. The van der Waals surface area contributed by atoms with Crippen LogP contribution in [-0.4, -0.2) is 63.3 Å². The maximum absolute atomic E-state index is 5.41. The summed E-state index contributed by atoms with van der Waals surface area (Å²) < 4.78 is 5.41. The van der Waals surface area contributed by atoms with Crippen molar-refractivity contribution in [1.82, 2.24) is 15.5 Å². The second kappa shape index (κ2) is 11.5. The molecule has 1 unspecified atom stereocenters. The number of aliphatic imine (C=N–C) groups is 1. The van der Waals surface area contributed by atoms with Crippen LogP contribution in [-0.2, 0) is 4.74 Å². The van der Waals surface area contributed by atoms with E-state index >= 15 is 0 Å². The highest BCUT2D eigenvalue weighted by Gasteiger charge is 2.13. The van der Waals surface area contributed by atoms with E-state index in [-0.39, 0.29) is 0 Å². The van der Waals surface area contributed by atoms with Gasteiger partial charge >= 0.3 is 0 Å². The quantitative estimate of drug-likeness (QED) is 0.406. The Bertz CT molecular complexity index is 402. The minimum atomic E-state index is 0.569. The summed E-state index contributed by atoms with van der Waals surface area (Å²) >= 11 is 0. The molecule has 1 aliphatic heterocycles. The molecular formula is C19H36N4O. The normalized spacial score (nSPS) is 21.2. The molecule has 0 aromatic carbocycles. The fourth-order valence-corrected chi connectivity index (χ4v) is 3.34. The van der Waals surface area contributed by atoms with E-state index in [1.807, 2.05) is 0 Å². The fourth-order valence-electron chi connectivity index (χ4n) is 3.34. The fraction of sp³-hybridized carbons (Fsp3) is 0.842. The largest absolute Gasteiger partial charge is 0.379 e. The predicted molar refractivity (Wildman–Crippen MR) is 102 cm³/mol. The van der Waals surface area contributed by atoms with Crippen molar-refractivity contribution in [2.24, 2.45) is 10.9 Å². The number of morpholine rings is 1. The molecule has 24 heavy (non-hydrogen) atoms. The van der Waals surface area contributed by atoms with Gasteiger partial charge in [-0.25, -0.2) is 0 Å². The number of hydrogen-bond donors (Lipinski definition) is 2. The first-order chi connectivity index (χ1) is 11.8. The van der Waals surface area contributed by atoms with Crippen molar-refractivity contribution in [2.45, 2.75) is 46.0 Å². The summed E-state index contributed by atoms with van der Waals surface area (Å²) in [6, 6.07) is 0. The molecule has 138 valence electrons. The summed E-state index contributed by atoms with van der Waals surface area (Å²) in [7, 11) is 0. The van der Waals surface area contributed by atoms with Gasteiger partial charge in [0.25, 0.3) is 0 Å². The van der Waals surface area contributed by atoms with Crippen molar-refractivity contribution >= 4 is 5.96 Å². The second-order valence-electron chi connectivity index (χ2n) is 7.02. The highest BCUT2D eigenvalue weighted by molar-refractivity contribution is 5.79. The second-order valence-corrected chi connectivity index (χ2v) is 7.02. The Morgan fingerprint density at radius 2 is 2.12 bits per heavy atom. The average molecular weight is 337 g/mol. The molecule has 2 N–H and O–H groups in total. The monoisotopic (exact) mass is 336 g/mol. The van der Waals surface area contributed by atoms with Gasteiger partial charge in [-0.2, -0.15) is 0 Å². The van der Waals surface area contributed by atoms with Gasteiger partial charge in [-0.15, -0.1) is 0 Å². The van der Waals surface area contributed by atoms with Crippen molar-refractivity contribution < 1.29 is 4.74 Å². The first-order valence-electron chi connectivity index (χ1n) is 9.78. The smallest absolute Gasteiger partial charge is 0.191 e. The van der Waals surface area contributed by atoms with Crippen molar-refractivity contribution in [3.05, 3.63) is 11.6 Å². The summed E-state index contributed by atoms with van der Waals surface area (Å²) in [5, 5.41) is 6.86. The number of nitrogens with one attached hydrogen (secondary N) is 2. The zero-order valence-corrected chi connectivity index (χ0v) is 15.6. The molecule has 1 heterocycles. The Morgan fingerprint density at radius 3 is 2.83 bits per heavy atom. The van der Waals surface area contributed by atoms with Gasteiger partial charge in [-0.05, 0) is 44.9 Å². The van der Waals surface area contributed by atoms with Crippen LogP contribution in [0, 0.1) is 5.92 Å². The van der Waals surface area contributed by atoms with Crippen LogP contribution in [0.5, 0.6) is 0 Å². The Hall–Kier alpha value is -1.07. The molecule has 0 saturated carbocycles. The lowest BCUT2D eigenvalue weighted by Gasteiger charge is -2.28. The number of guanidine groups is 1. The molecule has 0 amide bonds. The Kier molecular flexibility index (Phi) is 9.21. The molecule has 1 atom stereocenters. The number of allylic oxidation sites excluding steroid dienone is 1. The molecule has 2 aliphatic rings. The average Bonchev–Trinajstić information content (AvgIpc) is 2.61. The number of hydrogen-bond acceptors (Lipinski definition) is 3. The number of nitrogens with zero attached hydrogens (tertiary/aromatic N) is 2. The number of ether oxygens (including phenoxy) is 1. The first-order valence-corrected chi connectivity index (χ1v) is 9.78. The summed E-state index contributed by atoms with van der Waals surface area (Å²) in [4.78, 5) is 7.26. The van der Waals surface area contributed by atoms with Crippen molar-refractivity contribution in [1.29, 1.82) is 0 Å². The lowest BCUT2D eigenvalue weighted by Crippen LogP contribution is -2.40. The molecule has 0 radical (unpaired) electrons. The van der Waals surface area contributed by atoms with Gasteiger partial charge in [-0.1, -0.05) is 18.6 Å². The molecule has 1 aliphatic carbocycles.